The molecule has 0 aliphatic heterocycles. The lowest BCUT2D eigenvalue weighted by molar-refractivity contribution is -0.145. The number of nitrogens with one attached hydrogen (secondary N) is 1. The van der Waals surface area contributed by atoms with Gasteiger partial charge in [-0.3, -0.25) is 4.79 Å². The van der Waals surface area contributed by atoms with E-state index in [4.69, 9.17) is 9.47 Å². The third kappa shape index (κ3) is 9.43. The average molecular weight is 437 g/mol. The molecule has 0 aromatic heterocycles. The first-order valence-corrected chi connectivity index (χ1v) is 12.9. The van der Waals surface area contributed by atoms with E-state index in [1.165, 1.54) is 0 Å². The lowest BCUT2D eigenvalue weighted by atomic mass is 9.94. The van der Waals surface area contributed by atoms with Crippen molar-refractivity contribution in [2.75, 3.05) is 6.61 Å². The van der Waals surface area contributed by atoms with E-state index >= 15 is 0 Å². The highest BCUT2D eigenvalue weighted by molar-refractivity contribution is 6.55. The number of carbonyl (C=O) groups excluding carboxylic acids is 2. The van der Waals surface area contributed by atoms with Crippen LogP contribution in [-0.4, -0.2) is 50.2 Å². The number of esters is 1. The van der Waals surface area contributed by atoms with Crippen LogP contribution in [0.4, 0.5) is 4.79 Å². The van der Waals surface area contributed by atoms with Crippen LogP contribution >= 0.6 is 0 Å². The van der Waals surface area contributed by atoms with E-state index in [-0.39, 0.29) is 18.3 Å². The summed E-state index contributed by atoms with van der Waals surface area (Å²) in [6.45, 7) is 11.9. The van der Waals surface area contributed by atoms with Crippen molar-refractivity contribution in [2.45, 2.75) is 77.2 Å². The molecule has 0 aliphatic carbocycles. The van der Waals surface area contributed by atoms with Gasteiger partial charge < -0.3 is 19.9 Å². The fourth-order valence-electron chi connectivity index (χ4n) is 2.77. The predicted octanol–water partition coefficient (Wildman–Crippen LogP) is 4.00. The third-order valence-electron chi connectivity index (χ3n) is 4.35. The molecule has 166 valence electrons. The first-order chi connectivity index (χ1) is 13.9. The van der Waals surface area contributed by atoms with E-state index in [1.807, 2.05) is 19.1 Å². The second kappa shape index (κ2) is 11.7. The zero-order valence-corrected chi connectivity index (χ0v) is 19.8. The number of amides is 1. The van der Waals surface area contributed by atoms with Gasteiger partial charge >= 0.3 is 26.8 Å². The van der Waals surface area contributed by atoms with E-state index in [1.54, 1.807) is 32.9 Å². The van der Waals surface area contributed by atoms with Crippen molar-refractivity contribution in [2.24, 2.45) is 0 Å². The largest absolute Gasteiger partial charge is 0.480 e. The van der Waals surface area contributed by atoms with Gasteiger partial charge in [-0.15, -0.1) is 0 Å². The van der Waals surface area contributed by atoms with Crippen LogP contribution in [-0.2, 0) is 25.5 Å². The Morgan fingerprint density at radius 3 is 2.20 bits per heavy atom. The number of ether oxygens (including phenoxy) is 2. The summed E-state index contributed by atoms with van der Waals surface area (Å²) in [5.74, 6) is -1.73. The maximum absolute atomic E-state index is 12.4. The van der Waals surface area contributed by atoms with Crippen molar-refractivity contribution in [3.63, 3.8) is 0 Å². The zero-order chi connectivity index (χ0) is 22.9. The van der Waals surface area contributed by atoms with E-state index < -0.39 is 32.5 Å². The lowest BCUT2D eigenvalue weighted by Crippen LogP contribution is -2.44. The Morgan fingerprint density at radius 1 is 1.13 bits per heavy atom. The van der Waals surface area contributed by atoms with Gasteiger partial charge in [0.2, 0.25) is 0 Å². The van der Waals surface area contributed by atoms with Crippen molar-refractivity contribution in [3.8, 4) is 0 Å². The molecule has 0 spiro atoms. The SMILES string of the molecule is CCC(C(=O)OCC[Si+](C)C)c1ccc(C[C@H](NC(=O)OC(C)(C)C)C(=O)O)cc1. The number of hydrogen-bond donors (Lipinski definition) is 2. The Balaban J connectivity index is 2.77. The fourth-order valence-corrected chi connectivity index (χ4v) is 3.28. The van der Waals surface area contributed by atoms with E-state index in [9.17, 15) is 19.5 Å². The Labute approximate surface area is 180 Å². The number of carbonyl (C=O) groups is 3. The van der Waals surface area contributed by atoms with Gasteiger partial charge in [0, 0.05) is 6.42 Å². The summed E-state index contributed by atoms with van der Waals surface area (Å²) in [4.78, 5) is 35.8. The van der Waals surface area contributed by atoms with Crippen molar-refractivity contribution in [1.29, 1.82) is 0 Å². The van der Waals surface area contributed by atoms with Gasteiger partial charge in [0.15, 0.2) is 0 Å². The molecule has 2 atom stereocenters. The normalized spacial score (nSPS) is 13.1. The standard InChI is InChI=1S/C22H33NO6Si/c1-7-17(20(26)28-12-13-30(5)6)16-10-8-15(9-11-16)14-18(19(24)25)23-21(27)29-22(2,3)4/h8-11,17-18H,7,12-14H2,1-6H3,(H-,23,24,25,27)/p+1/t17?,18-/m0/s1. The summed E-state index contributed by atoms with van der Waals surface area (Å²) >= 11 is 0. The molecule has 0 bridgehead atoms. The summed E-state index contributed by atoms with van der Waals surface area (Å²) in [6, 6.07) is 6.98. The Hall–Kier alpha value is -2.35. The first-order valence-electron chi connectivity index (χ1n) is 10.2. The molecule has 1 aromatic rings. The molecule has 8 heteroatoms. The molecule has 1 rings (SSSR count). The van der Waals surface area contributed by atoms with Crippen LogP contribution in [0.3, 0.4) is 0 Å². The fraction of sp³-hybridized carbons (Fsp3) is 0.591. The molecule has 0 radical (unpaired) electrons. The van der Waals surface area contributed by atoms with Gasteiger partial charge in [-0.25, -0.2) is 9.59 Å². The molecule has 2 N–H and O–H groups in total. The molecule has 0 heterocycles. The third-order valence-corrected chi connectivity index (χ3v) is 5.55. The van der Waals surface area contributed by atoms with Crippen molar-refractivity contribution in [3.05, 3.63) is 35.4 Å². The van der Waals surface area contributed by atoms with Gasteiger partial charge in [-0.2, -0.15) is 0 Å². The molecule has 1 amide bonds. The summed E-state index contributed by atoms with van der Waals surface area (Å²) in [5.41, 5.74) is 0.849. The van der Waals surface area contributed by atoms with E-state index in [0.29, 0.717) is 13.0 Å². The Bertz CT molecular complexity index is 711. The molecule has 0 aliphatic rings. The highest BCUT2D eigenvalue weighted by atomic mass is 28.3. The van der Waals surface area contributed by atoms with Gasteiger partial charge in [0.05, 0.1) is 19.0 Å². The number of alkyl carbamates (subject to hydrolysis) is 1. The summed E-state index contributed by atoms with van der Waals surface area (Å²) in [6.07, 6.45) is -0.0518. The van der Waals surface area contributed by atoms with Crippen molar-refractivity contribution >= 4 is 26.8 Å². The minimum atomic E-state index is -1.15. The van der Waals surface area contributed by atoms with Crippen molar-refractivity contribution in [1.82, 2.24) is 5.32 Å². The second-order valence-electron chi connectivity index (χ2n) is 8.57. The quantitative estimate of drug-likeness (QED) is 0.425. The molecule has 0 saturated carbocycles. The molecule has 1 unspecified atom stereocenters. The molecule has 0 fully saturated rings. The smallest absolute Gasteiger partial charge is 0.408 e. The van der Waals surface area contributed by atoms with Gasteiger partial charge in [-0.05, 0) is 38.3 Å². The van der Waals surface area contributed by atoms with Gasteiger partial charge in [-0.1, -0.05) is 31.2 Å². The minimum Gasteiger partial charge on any atom is -0.480 e. The van der Waals surface area contributed by atoms with Crippen LogP contribution in [0, 0.1) is 0 Å². The number of benzene rings is 1. The number of aliphatic carboxylic acids is 1. The van der Waals surface area contributed by atoms with Crippen LogP contribution < -0.4 is 5.32 Å². The minimum absolute atomic E-state index is 0.105. The number of hydrogen-bond acceptors (Lipinski definition) is 5. The highest BCUT2D eigenvalue weighted by Crippen LogP contribution is 2.22. The Kier molecular flexibility index (Phi) is 10.0. The topological polar surface area (TPSA) is 102 Å². The van der Waals surface area contributed by atoms with Crippen LogP contribution in [0.15, 0.2) is 24.3 Å². The second-order valence-corrected chi connectivity index (χ2v) is 11.5. The average Bonchev–Trinajstić information content (AvgIpc) is 2.61. The summed E-state index contributed by atoms with van der Waals surface area (Å²) < 4.78 is 10.5. The summed E-state index contributed by atoms with van der Waals surface area (Å²) in [7, 11) is -0.433. The molecule has 30 heavy (non-hydrogen) atoms. The predicted molar refractivity (Wildman–Crippen MR) is 117 cm³/mol. The van der Waals surface area contributed by atoms with Gasteiger partial charge in [0.25, 0.3) is 0 Å². The van der Waals surface area contributed by atoms with Crippen LogP contribution in [0.1, 0.15) is 51.2 Å². The first kappa shape index (κ1) is 25.7. The van der Waals surface area contributed by atoms with Crippen LogP contribution in [0.5, 0.6) is 0 Å². The van der Waals surface area contributed by atoms with Crippen LogP contribution in [0.2, 0.25) is 19.1 Å². The molecule has 7 nitrogen and oxygen atoms in total. The summed E-state index contributed by atoms with van der Waals surface area (Å²) in [5, 5.41) is 11.8. The number of carboxylic acid groups (broad SMARTS) is 1. The maximum Gasteiger partial charge on any atom is 0.408 e. The molecular weight excluding hydrogens is 402 g/mol. The van der Waals surface area contributed by atoms with E-state index in [0.717, 1.165) is 17.2 Å². The van der Waals surface area contributed by atoms with E-state index in [2.05, 4.69) is 18.4 Å². The van der Waals surface area contributed by atoms with Gasteiger partial charge in [0.1, 0.15) is 24.3 Å². The zero-order valence-electron chi connectivity index (χ0n) is 18.8. The number of carboxylic acids is 1. The molecular formula is C22H34NO6Si+. The molecule has 1 aromatic carbocycles. The van der Waals surface area contributed by atoms with Crippen LogP contribution in [0.25, 0.3) is 0 Å². The Morgan fingerprint density at radius 2 is 1.73 bits per heavy atom. The lowest BCUT2D eigenvalue weighted by Gasteiger charge is -2.22. The highest BCUT2D eigenvalue weighted by Gasteiger charge is 2.25. The van der Waals surface area contributed by atoms with Crippen molar-refractivity contribution < 1.29 is 29.0 Å². The maximum atomic E-state index is 12.4. The molecule has 0 saturated heterocycles. The monoisotopic (exact) mass is 436 g/mol. The number of rotatable bonds is 10.